The molecule has 0 aliphatic heterocycles. The average Bonchev–Trinajstić information content (AvgIpc) is 3.21. The zero-order chi connectivity index (χ0) is 18.0. The molecular weight excluding hydrogens is 405 g/mol. The Morgan fingerprint density at radius 1 is 1.15 bits per heavy atom. The van der Waals surface area contributed by atoms with Crippen LogP contribution in [0.5, 0.6) is 0 Å². The van der Waals surface area contributed by atoms with Crippen LogP contribution in [0, 0.1) is 13.8 Å². The summed E-state index contributed by atoms with van der Waals surface area (Å²) in [6.07, 6.45) is 0. The molecule has 2 aromatic heterocycles. The van der Waals surface area contributed by atoms with Gasteiger partial charge in [0.05, 0.1) is 18.8 Å². The van der Waals surface area contributed by atoms with E-state index < -0.39 is 0 Å². The van der Waals surface area contributed by atoms with E-state index in [0.717, 1.165) is 16.3 Å². The van der Waals surface area contributed by atoms with Crippen LogP contribution < -0.4 is 5.73 Å². The van der Waals surface area contributed by atoms with Gasteiger partial charge in [0.1, 0.15) is 5.01 Å². The van der Waals surface area contributed by atoms with Crippen LogP contribution in [0.25, 0.3) is 10.6 Å². The number of hydrogen-bond donors (Lipinski definition) is 1. The number of aryl methyl sites for hydroxylation is 2. The molecule has 0 saturated heterocycles. The van der Waals surface area contributed by atoms with Gasteiger partial charge in [-0.15, -0.1) is 36.2 Å². The number of nitrogens with zero attached hydrogens (tertiary/aromatic N) is 4. The standard InChI is InChI=1S/C18H23N5OS.2ClH/c1-11-5-7-14(8-6-11)18-20-12(2)17(25-18)13(3)23(4)10-15-21-16(9-19)24-22-15;;/h5-8,13H,9-10,19H2,1-4H3;2*1H. The Morgan fingerprint density at radius 2 is 1.81 bits per heavy atom. The topological polar surface area (TPSA) is 81.1 Å². The normalized spacial score (nSPS) is 11.8. The minimum Gasteiger partial charge on any atom is -0.338 e. The Kier molecular flexibility index (Phi) is 8.84. The Hall–Kier alpha value is -1.51. The largest absolute Gasteiger partial charge is 0.338 e. The Balaban J connectivity index is 0.00000182. The van der Waals surface area contributed by atoms with Gasteiger partial charge in [-0.3, -0.25) is 4.90 Å². The lowest BCUT2D eigenvalue weighted by Crippen LogP contribution is -2.22. The Labute approximate surface area is 176 Å². The summed E-state index contributed by atoms with van der Waals surface area (Å²) < 4.78 is 5.07. The summed E-state index contributed by atoms with van der Waals surface area (Å²) in [4.78, 5) is 12.5. The molecule has 2 N–H and O–H groups in total. The molecule has 9 heteroatoms. The lowest BCUT2D eigenvalue weighted by molar-refractivity contribution is 0.244. The molecule has 1 atom stereocenters. The number of thiazole rings is 1. The maximum atomic E-state index is 5.52. The first-order chi connectivity index (χ1) is 12.0. The molecule has 0 spiro atoms. The maximum absolute atomic E-state index is 5.52. The molecule has 0 bridgehead atoms. The summed E-state index contributed by atoms with van der Waals surface area (Å²) in [5.41, 5.74) is 8.99. The fourth-order valence-corrected chi connectivity index (χ4v) is 3.80. The monoisotopic (exact) mass is 429 g/mol. The zero-order valence-corrected chi connectivity index (χ0v) is 18.2. The van der Waals surface area contributed by atoms with Gasteiger partial charge < -0.3 is 10.3 Å². The molecule has 2 heterocycles. The van der Waals surface area contributed by atoms with Crippen molar-refractivity contribution in [2.75, 3.05) is 7.05 Å². The van der Waals surface area contributed by atoms with Crippen molar-refractivity contribution < 1.29 is 4.52 Å². The second kappa shape index (κ2) is 10.1. The molecule has 148 valence electrons. The number of halogens is 2. The molecule has 0 radical (unpaired) electrons. The summed E-state index contributed by atoms with van der Waals surface area (Å²) in [7, 11) is 2.05. The van der Waals surface area contributed by atoms with E-state index in [1.54, 1.807) is 11.3 Å². The van der Waals surface area contributed by atoms with Crippen LogP contribution in [0.3, 0.4) is 0 Å². The molecule has 3 rings (SSSR count). The highest BCUT2D eigenvalue weighted by Crippen LogP contribution is 2.34. The molecular formula is C18H25Cl2N5OS. The molecule has 3 aromatic rings. The van der Waals surface area contributed by atoms with E-state index in [0.29, 0.717) is 18.3 Å². The van der Waals surface area contributed by atoms with E-state index in [-0.39, 0.29) is 37.4 Å². The highest BCUT2D eigenvalue weighted by Gasteiger charge is 2.20. The SMILES string of the molecule is Cc1ccc(-c2nc(C)c(C(C)N(C)Cc3noc(CN)n3)s2)cc1.Cl.Cl. The van der Waals surface area contributed by atoms with E-state index in [4.69, 9.17) is 15.2 Å². The fourth-order valence-electron chi connectivity index (χ4n) is 2.61. The van der Waals surface area contributed by atoms with Crippen molar-refractivity contribution >= 4 is 36.2 Å². The molecule has 0 aliphatic rings. The molecule has 27 heavy (non-hydrogen) atoms. The molecule has 6 nitrogen and oxygen atoms in total. The maximum Gasteiger partial charge on any atom is 0.240 e. The van der Waals surface area contributed by atoms with E-state index in [9.17, 15) is 0 Å². The third-order valence-electron chi connectivity index (χ3n) is 4.25. The molecule has 1 unspecified atom stereocenters. The molecule has 1 aromatic carbocycles. The van der Waals surface area contributed by atoms with Crippen molar-refractivity contribution in [3.8, 4) is 10.6 Å². The van der Waals surface area contributed by atoms with Crippen LogP contribution in [0.2, 0.25) is 0 Å². The van der Waals surface area contributed by atoms with Gasteiger partial charge in [0.25, 0.3) is 0 Å². The Bertz CT molecular complexity index is 850. The minimum atomic E-state index is 0. The zero-order valence-electron chi connectivity index (χ0n) is 15.8. The number of rotatable bonds is 6. The lowest BCUT2D eigenvalue weighted by atomic mass is 10.1. The quantitative estimate of drug-likeness (QED) is 0.628. The van der Waals surface area contributed by atoms with E-state index in [2.05, 4.69) is 60.1 Å². The number of hydrogen-bond acceptors (Lipinski definition) is 7. The van der Waals surface area contributed by atoms with Gasteiger partial charge in [0.15, 0.2) is 5.82 Å². The molecule has 0 amide bonds. The van der Waals surface area contributed by atoms with E-state index in [1.165, 1.54) is 10.4 Å². The van der Waals surface area contributed by atoms with Crippen LogP contribution in [0.4, 0.5) is 0 Å². The van der Waals surface area contributed by atoms with Crippen molar-refractivity contribution in [3.05, 3.63) is 52.1 Å². The second-order valence-corrected chi connectivity index (χ2v) is 7.26. The summed E-state index contributed by atoms with van der Waals surface area (Å²) in [5.74, 6) is 1.11. The first-order valence-corrected chi connectivity index (χ1v) is 9.05. The van der Waals surface area contributed by atoms with Crippen molar-refractivity contribution in [1.82, 2.24) is 20.0 Å². The average molecular weight is 430 g/mol. The van der Waals surface area contributed by atoms with Gasteiger partial charge in [0.2, 0.25) is 5.89 Å². The fraction of sp³-hybridized carbons (Fsp3) is 0.389. The van der Waals surface area contributed by atoms with Crippen molar-refractivity contribution in [1.29, 1.82) is 0 Å². The van der Waals surface area contributed by atoms with Crippen molar-refractivity contribution in [3.63, 3.8) is 0 Å². The molecule has 0 aliphatic carbocycles. The second-order valence-electron chi connectivity index (χ2n) is 6.23. The van der Waals surface area contributed by atoms with E-state index >= 15 is 0 Å². The van der Waals surface area contributed by atoms with Gasteiger partial charge >= 0.3 is 0 Å². The highest BCUT2D eigenvalue weighted by atomic mass is 35.5. The van der Waals surface area contributed by atoms with Crippen LogP contribution in [0.1, 0.15) is 40.8 Å². The summed E-state index contributed by atoms with van der Waals surface area (Å²) >= 11 is 1.74. The first kappa shape index (κ1) is 23.5. The van der Waals surface area contributed by atoms with Gasteiger partial charge in [-0.2, -0.15) is 4.98 Å². The van der Waals surface area contributed by atoms with Crippen LogP contribution in [-0.2, 0) is 13.1 Å². The predicted molar refractivity (Wildman–Crippen MR) is 114 cm³/mol. The number of aromatic nitrogens is 3. The summed E-state index contributed by atoms with van der Waals surface area (Å²) in [6.45, 7) is 7.19. The van der Waals surface area contributed by atoms with Gasteiger partial charge in [-0.05, 0) is 27.8 Å². The first-order valence-electron chi connectivity index (χ1n) is 8.24. The molecule has 0 fully saturated rings. The minimum absolute atomic E-state index is 0. The van der Waals surface area contributed by atoms with Crippen LogP contribution in [-0.4, -0.2) is 27.1 Å². The van der Waals surface area contributed by atoms with Crippen LogP contribution in [0.15, 0.2) is 28.8 Å². The summed E-state index contributed by atoms with van der Waals surface area (Å²) in [5, 5.41) is 5.02. The number of benzene rings is 1. The van der Waals surface area contributed by atoms with Crippen molar-refractivity contribution in [2.24, 2.45) is 5.73 Å². The number of nitrogens with two attached hydrogens (primary N) is 1. The Morgan fingerprint density at radius 3 is 2.41 bits per heavy atom. The highest BCUT2D eigenvalue weighted by molar-refractivity contribution is 7.15. The smallest absolute Gasteiger partial charge is 0.240 e. The van der Waals surface area contributed by atoms with Gasteiger partial charge in [-0.25, -0.2) is 4.98 Å². The predicted octanol–water partition coefficient (Wildman–Crippen LogP) is 4.31. The lowest BCUT2D eigenvalue weighted by Gasteiger charge is -2.22. The van der Waals surface area contributed by atoms with Crippen LogP contribution >= 0.6 is 36.2 Å². The van der Waals surface area contributed by atoms with Gasteiger partial charge in [-0.1, -0.05) is 35.0 Å². The molecule has 0 saturated carbocycles. The third-order valence-corrected chi connectivity index (χ3v) is 5.62. The third kappa shape index (κ3) is 5.49. The van der Waals surface area contributed by atoms with Crippen molar-refractivity contribution in [2.45, 2.75) is 39.9 Å². The van der Waals surface area contributed by atoms with Gasteiger partial charge in [0, 0.05) is 16.5 Å². The van der Waals surface area contributed by atoms with E-state index in [1.807, 2.05) is 7.05 Å². The summed E-state index contributed by atoms with van der Waals surface area (Å²) in [6, 6.07) is 8.69.